The number of hydrogen-bond acceptors (Lipinski definition) is 0. The van der Waals surface area contributed by atoms with Gasteiger partial charge in [0.25, 0.3) is 0 Å². The van der Waals surface area contributed by atoms with Gasteiger partial charge in [0, 0.05) is 65.8 Å². The molecular formula is C96H94N4. The average molecular weight is 1300 g/mol. The third-order valence-corrected chi connectivity index (χ3v) is 22.4. The molecule has 0 atom stereocenters. The first kappa shape index (κ1) is 64.5. The lowest BCUT2D eigenvalue weighted by Gasteiger charge is -2.32. The van der Waals surface area contributed by atoms with Crippen LogP contribution in [0.1, 0.15) is 157 Å². The molecule has 0 fully saturated rings. The summed E-state index contributed by atoms with van der Waals surface area (Å²) in [5.41, 5.74) is 27.0. The Bertz CT molecular complexity index is 5830. The van der Waals surface area contributed by atoms with Gasteiger partial charge in [0.05, 0.1) is 44.1 Å². The molecule has 0 unspecified atom stereocenters. The molecule has 0 saturated carbocycles. The lowest BCUT2D eigenvalue weighted by Crippen LogP contribution is -2.24. The zero-order chi connectivity index (χ0) is 69.7. The number of rotatable bonds is 11. The summed E-state index contributed by atoms with van der Waals surface area (Å²) >= 11 is 0. The fourth-order valence-electron chi connectivity index (χ4n) is 16.0. The largest absolute Gasteiger partial charge is 0.309 e. The molecule has 16 rings (SSSR count). The van der Waals surface area contributed by atoms with Crippen LogP contribution in [0.4, 0.5) is 0 Å². The summed E-state index contributed by atoms with van der Waals surface area (Å²) in [6, 6.07) is 97.5. The van der Waals surface area contributed by atoms with E-state index in [9.17, 15) is 0 Å². The fourth-order valence-corrected chi connectivity index (χ4v) is 16.0. The maximum absolute atomic E-state index is 2.53. The van der Waals surface area contributed by atoms with Crippen LogP contribution < -0.4 is 0 Å². The summed E-state index contributed by atoms with van der Waals surface area (Å²) in [6.07, 6.45) is 2.03. The predicted octanol–water partition coefficient (Wildman–Crippen LogP) is 26.6. The molecule has 0 radical (unpaired) electrons. The van der Waals surface area contributed by atoms with Crippen molar-refractivity contribution in [1.82, 2.24) is 18.3 Å². The van der Waals surface area contributed by atoms with E-state index in [1.807, 2.05) is 0 Å². The van der Waals surface area contributed by atoms with Crippen LogP contribution in [0.25, 0.3) is 132 Å². The molecule has 100 heavy (non-hydrogen) atoms. The zero-order valence-corrected chi connectivity index (χ0v) is 61.5. The standard InChI is InChI=1S/C96H94N4/c1-91(2,3)65-37-43-85-77(55-65)78-56-66(92(4,5)6)38-44-86(78)98(85)72-30-22-27-63(52-72)64-28-24-32-74(54-64)100-88-46-40-68(94(10,11)12)58-80(88)82-60-70(42-48-90(82)100)96(15,16)50-49-95(13,14)69-41-47-89-81(59-69)79-57-67(93(7,8)9)39-45-87(79)99(89)73-31-23-26-62(53-73)61-25-21-29-71(51-61)97-83-35-19-17-33-75(83)76-34-18-20-36-84(76)97/h17-48,51-60H,49-50H2,1-16H3. The first-order valence-electron chi connectivity index (χ1n) is 36.3. The molecule has 0 aliphatic rings. The highest BCUT2D eigenvalue weighted by atomic mass is 15.0. The quantitative estimate of drug-likeness (QED) is 0.123. The van der Waals surface area contributed by atoms with E-state index in [1.54, 1.807) is 0 Å². The van der Waals surface area contributed by atoms with Crippen LogP contribution in [0.15, 0.2) is 255 Å². The van der Waals surface area contributed by atoms with Crippen LogP contribution in [-0.2, 0) is 32.5 Å². The molecule has 4 aromatic heterocycles. The van der Waals surface area contributed by atoms with Gasteiger partial charge >= 0.3 is 0 Å². The molecule has 4 heterocycles. The minimum absolute atomic E-state index is 0.0103. The van der Waals surface area contributed by atoms with Crippen LogP contribution in [-0.4, -0.2) is 18.3 Å². The average Bonchev–Trinajstić information content (AvgIpc) is 1.60. The second kappa shape index (κ2) is 23.2. The Hall–Kier alpha value is -10.2. The molecular weight excluding hydrogens is 1210 g/mol. The molecule has 0 aliphatic heterocycles. The maximum atomic E-state index is 2.53. The van der Waals surface area contributed by atoms with Gasteiger partial charge in [-0.25, -0.2) is 0 Å². The lowest BCUT2D eigenvalue weighted by molar-refractivity contribution is 0.375. The highest BCUT2D eigenvalue weighted by Gasteiger charge is 2.31. The second-order valence-corrected chi connectivity index (χ2v) is 34.2. The van der Waals surface area contributed by atoms with Crippen molar-refractivity contribution in [3.8, 4) is 45.0 Å². The molecule has 0 spiro atoms. The fraction of sp³-hybridized carbons (Fsp3) is 0.250. The Morgan fingerprint density at radius 2 is 0.400 bits per heavy atom. The lowest BCUT2D eigenvalue weighted by atomic mass is 9.72. The van der Waals surface area contributed by atoms with E-state index in [1.165, 1.54) is 143 Å². The molecule has 0 amide bonds. The molecule has 498 valence electrons. The summed E-state index contributed by atoms with van der Waals surface area (Å²) in [5, 5.41) is 10.3. The van der Waals surface area contributed by atoms with E-state index < -0.39 is 0 Å². The summed E-state index contributed by atoms with van der Waals surface area (Å²) < 4.78 is 9.91. The smallest absolute Gasteiger partial charge is 0.0541 e. The molecule has 0 aliphatic carbocycles. The molecule has 0 bridgehead atoms. The van der Waals surface area contributed by atoms with Crippen LogP contribution in [0, 0.1) is 0 Å². The van der Waals surface area contributed by atoms with E-state index in [2.05, 4.69) is 384 Å². The van der Waals surface area contributed by atoms with Gasteiger partial charge in [0.1, 0.15) is 0 Å². The van der Waals surface area contributed by atoms with Gasteiger partial charge < -0.3 is 18.3 Å². The van der Waals surface area contributed by atoms with Crippen LogP contribution in [0.2, 0.25) is 0 Å². The Morgan fingerprint density at radius 1 is 0.190 bits per heavy atom. The van der Waals surface area contributed by atoms with Crippen LogP contribution >= 0.6 is 0 Å². The topological polar surface area (TPSA) is 19.7 Å². The number of aromatic nitrogens is 4. The molecule has 4 nitrogen and oxygen atoms in total. The van der Waals surface area contributed by atoms with E-state index in [4.69, 9.17) is 0 Å². The van der Waals surface area contributed by atoms with Gasteiger partial charge in [-0.2, -0.15) is 0 Å². The normalized spacial score (nSPS) is 13.1. The van der Waals surface area contributed by atoms with Gasteiger partial charge in [-0.05, 0) is 234 Å². The number of fused-ring (bicyclic) bond motifs is 12. The Morgan fingerprint density at radius 3 is 0.640 bits per heavy atom. The van der Waals surface area contributed by atoms with E-state index in [0.29, 0.717) is 0 Å². The number of nitrogens with zero attached hydrogens (tertiary/aromatic N) is 4. The zero-order valence-electron chi connectivity index (χ0n) is 61.5. The molecule has 0 N–H and O–H groups in total. The Labute approximate surface area is 591 Å². The molecule has 4 heteroatoms. The summed E-state index contributed by atoms with van der Waals surface area (Å²) in [7, 11) is 0. The van der Waals surface area contributed by atoms with Crippen molar-refractivity contribution in [2.75, 3.05) is 0 Å². The highest BCUT2D eigenvalue weighted by molar-refractivity contribution is 6.13. The van der Waals surface area contributed by atoms with Gasteiger partial charge in [-0.1, -0.05) is 232 Å². The van der Waals surface area contributed by atoms with Gasteiger partial charge in [-0.15, -0.1) is 0 Å². The van der Waals surface area contributed by atoms with Gasteiger partial charge in [0.2, 0.25) is 0 Å². The maximum Gasteiger partial charge on any atom is 0.0541 e. The predicted molar refractivity (Wildman–Crippen MR) is 431 cm³/mol. The van der Waals surface area contributed by atoms with Crippen molar-refractivity contribution in [3.05, 3.63) is 288 Å². The Balaban J connectivity index is 0.725. The number of para-hydroxylation sites is 2. The third-order valence-electron chi connectivity index (χ3n) is 22.4. The summed E-state index contributed by atoms with van der Waals surface area (Å²) in [5.74, 6) is 0. The van der Waals surface area contributed by atoms with E-state index >= 15 is 0 Å². The van der Waals surface area contributed by atoms with Crippen molar-refractivity contribution < 1.29 is 0 Å². The molecule has 12 aromatic carbocycles. The second-order valence-electron chi connectivity index (χ2n) is 34.2. The van der Waals surface area contributed by atoms with Crippen molar-refractivity contribution in [2.24, 2.45) is 0 Å². The van der Waals surface area contributed by atoms with Gasteiger partial charge in [0.15, 0.2) is 0 Å². The van der Waals surface area contributed by atoms with E-state index in [-0.39, 0.29) is 32.5 Å². The van der Waals surface area contributed by atoms with E-state index in [0.717, 1.165) is 35.6 Å². The molecule has 16 aromatic rings. The third kappa shape index (κ3) is 11.1. The first-order valence-corrected chi connectivity index (χ1v) is 36.3. The van der Waals surface area contributed by atoms with Gasteiger partial charge in [-0.3, -0.25) is 0 Å². The minimum Gasteiger partial charge on any atom is -0.309 e. The van der Waals surface area contributed by atoms with Crippen molar-refractivity contribution in [1.29, 1.82) is 0 Å². The van der Waals surface area contributed by atoms with Crippen molar-refractivity contribution in [3.63, 3.8) is 0 Å². The van der Waals surface area contributed by atoms with Crippen molar-refractivity contribution >= 4 is 87.2 Å². The van der Waals surface area contributed by atoms with Crippen LogP contribution in [0.3, 0.4) is 0 Å². The van der Waals surface area contributed by atoms with Crippen molar-refractivity contribution in [2.45, 2.75) is 156 Å². The molecule has 0 saturated heterocycles. The summed E-state index contributed by atoms with van der Waals surface area (Å²) in [4.78, 5) is 0. The summed E-state index contributed by atoms with van der Waals surface area (Å²) in [6.45, 7) is 37.7. The van der Waals surface area contributed by atoms with Crippen LogP contribution in [0.5, 0.6) is 0 Å². The highest BCUT2D eigenvalue weighted by Crippen LogP contribution is 2.46. The Kier molecular flexibility index (Phi) is 15.0. The monoisotopic (exact) mass is 1300 g/mol. The number of hydrogen-bond donors (Lipinski definition) is 0. The minimum atomic E-state index is -0.123. The first-order chi connectivity index (χ1) is 47.6. The number of benzene rings is 12. The SMILES string of the molecule is CC(C)(C)c1ccc2c(c1)c1cc(C(C)(C)C)ccc1n2-c1cccc(-c2cccc(-n3c4ccc(C(C)(C)C)cc4c4cc(C(C)(C)CCC(C)(C)c5ccc6c(c5)c5cc(C(C)(C)C)ccc5n6-c5cccc(-c6cccc(-n7c8ccccc8c8ccccc87)c6)c5)ccc43)c2)c1.